The minimum Gasteiger partial charge on any atom is -0.497 e. The van der Waals surface area contributed by atoms with E-state index in [0.717, 1.165) is 42.8 Å². The first-order valence-electron chi connectivity index (χ1n) is 8.60. The van der Waals surface area contributed by atoms with Gasteiger partial charge in [0, 0.05) is 12.0 Å². The summed E-state index contributed by atoms with van der Waals surface area (Å²) in [5.74, 6) is 2.12. The third kappa shape index (κ3) is 4.06. The Bertz CT molecular complexity index is 862. The Morgan fingerprint density at radius 3 is 2.58 bits per heavy atom. The summed E-state index contributed by atoms with van der Waals surface area (Å²) >= 11 is 0. The van der Waals surface area contributed by atoms with Gasteiger partial charge >= 0.3 is 0 Å². The summed E-state index contributed by atoms with van der Waals surface area (Å²) in [5.41, 5.74) is 4.90. The molecule has 4 rings (SSSR count). The van der Waals surface area contributed by atoms with Gasteiger partial charge in [-0.3, -0.25) is 0 Å². The summed E-state index contributed by atoms with van der Waals surface area (Å²) in [6.45, 7) is 2.06. The second kappa shape index (κ2) is 8.34. The molecule has 1 aliphatic rings. The molecule has 136 valence electrons. The van der Waals surface area contributed by atoms with E-state index in [1.54, 1.807) is 7.11 Å². The van der Waals surface area contributed by atoms with Gasteiger partial charge in [-0.1, -0.05) is 23.4 Å². The minimum absolute atomic E-state index is 0. The van der Waals surface area contributed by atoms with Crippen molar-refractivity contribution in [2.24, 2.45) is 0 Å². The molecule has 0 spiro atoms. The van der Waals surface area contributed by atoms with E-state index in [4.69, 9.17) is 9.26 Å². The predicted octanol–water partition coefficient (Wildman–Crippen LogP) is 3.45. The van der Waals surface area contributed by atoms with Crippen molar-refractivity contribution in [3.05, 3.63) is 65.0 Å². The summed E-state index contributed by atoms with van der Waals surface area (Å²) in [7, 11) is 1.66. The van der Waals surface area contributed by atoms with E-state index in [-0.39, 0.29) is 12.4 Å². The molecule has 0 radical (unpaired) electrons. The van der Waals surface area contributed by atoms with E-state index in [1.165, 1.54) is 11.1 Å². The van der Waals surface area contributed by atoms with Crippen molar-refractivity contribution in [1.29, 1.82) is 0 Å². The Balaban J connectivity index is 0.00000196. The fourth-order valence-electron chi connectivity index (χ4n) is 3.18. The van der Waals surface area contributed by atoms with Crippen LogP contribution in [0.15, 0.2) is 47.0 Å². The van der Waals surface area contributed by atoms with Crippen molar-refractivity contribution in [3.63, 3.8) is 0 Å². The van der Waals surface area contributed by atoms with Crippen LogP contribution in [0.3, 0.4) is 0 Å². The maximum Gasteiger partial charge on any atom is 0.257 e. The molecular formula is C20H22ClN3O2. The Labute approximate surface area is 159 Å². The Morgan fingerprint density at radius 2 is 1.81 bits per heavy atom. The molecule has 1 aliphatic heterocycles. The van der Waals surface area contributed by atoms with Crippen LogP contribution in [0.25, 0.3) is 11.5 Å². The average Bonchev–Trinajstić information content (AvgIpc) is 2.98. The van der Waals surface area contributed by atoms with Crippen molar-refractivity contribution in [1.82, 2.24) is 15.5 Å². The number of hydrogen-bond acceptors (Lipinski definition) is 5. The molecular weight excluding hydrogens is 350 g/mol. The monoisotopic (exact) mass is 371 g/mol. The highest BCUT2D eigenvalue weighted by atomic mass is 35.5. The first kappa shape index (κ1) is 18.4. The number of benzene rings is 2. The molecule has 1 N–H and O–H groups in total. The first-order valence-corrected chi connectivity index (χ1v) is 8.60. The Kier molecular flexibility index (Phi) is 5.91. The van der Waals surface area contributed by atoms with Gasteiger partial charge in [0.25, 0.3) is 5.89 Å². The van der Waals surface area contributed by atoms with Crippen molar-refractivity contribution >= 4 is 12.4 Å². The number of halogens is 1. The maximum absolute atomic E-state index is 5.49. The van der Waals surface area contributed by atoms with E-state index < -0.39 is 0 Å². The van der Waals surface area contributed by atoms with Crippen LogP contribution in [0, 0.1) is 0 Å². The Morgan fingerprint density at radius 1 is 1.04 bits per heavy atom. The van der Waals surface area contributed by atoms with Gasteiger partial charge < -0.3 is 14.6 Å². The molecule has 2 heterocycles. The second-order valence-electron chi connectivity index (χ2n) is 6.27. The maximum atomic E-state index is 5.49. The summed E-state index contributed by atoms with van der Waals surface area (Å²) in [6.07, 6.45) is 2.75. The molecule has 6 heteroatoms. The summed E-state index contributed by atoms with van der Waals surface area (Å²) < 4.78 is 10.7. The van der Waals surface area contributed by atoms with E-state index >= 15 is 0 Å². The Hall–Kier alpha value is -2.37. The second-order valence-corrected chi connectivity index (χ2v) is 6.27. The topological polar surface area (TPSA) is 60.2 Å². The van der Waals surface area contributed by atoms with E-state index in [0.29, 0.717) is 18.1 Å². The number of rotatable bonds is 4. The van der Waals surface area contributed by atoms with Gasteiger partial charge in [0.05, 0.1) is 7.11 Å². The molecule has 0 fully saturated rings. The van der Waals surface area contributed by atoms with Gasteiger partial charge in [0.1, 0.15) is 5.75 Å². The lowest BCUT2D eigenvalue weighted by Gasteiger charge is -2.05. The molecule has 0 saturated heterocycles. The van der Waals surface area contributed by atoms with Crippen LogP contribution in [-0.4, -0.2) is 30.3 Å². The highest BCUT2D eigenvalue weighted by molar-refractivity contribution is 5.85. The zero-order valence-corrected chi connectivity index (χ0v) is 15.5. The number of nitrogens with zero attached hydrogens (tertiary/aromatic N) is 2. The number of ether oxygens (including phenoxy) is 1. The third-order valence-corrected chi connectivity index (χ3v) is 4.58. The molecule has 5 nitrogen and oxygen atoms in total. The molecule has 0 unspecified atom stereocenters. The number of fused-ring (bicyclic) bond motifs is 1. The molecule has 3 aromatic rings. The van der Waals surface area contributed by atoms with Crippen LogP contribution in [0.1, 0.15) is 22.5 Å². The van der Waals surface area contributed by atoms with Gasteiger partial charge in [-0.05, 0) is 66.9 Å². The van der Waals surface area contributed by atoms with Crippen molar-refractivity contribution in [2.45, 2.75) is 19.3 Å². The fourth-order valence-corrected chi connectivity index (χ4v) is 3.18. The third-order valence-electron chi connectivity index (χ3n) is 4.58. The van der Waals surface area contributed by atoms with Crippen molar-refractivity contribution in [2.75, 3.05) is 20.2 Å². The number of hydrogen-bond donors (Lipinski definition) is 1. The lowest BCUT2D eigenvalue weighted by Crippen LogP contribution is -2.16. The molecule has 2 aromatic carbocycles. The van der Waals surface area contributed by atoms with Crippen LogP contribution in [0.4, 0.5) is 0 Å². The smallest absolute Gasteiger partial charge is 0.257 e. The molecule has 1 aromatic heterocycles. The quantitative estimate of drug-likeness (QED) is 0.761. The summed E-state index contributed by atoms with van der Waals surface area (Å²) in [6, 6.07) is 14.4. The van der Waals surface area contributed by atoms with Crippen LogP contribution < -0.4 is 10.1 Å². The molecule has 0 aliphatic carbocycles. The van der Waals surface area contributed by atoms with Gasteiger partial charge in [-0.15, -0.1) is 12.4 Å². The lowest BCUT2D eigenvalue weighted by molar-refractivity contribution is 0.414. The van der Waals surface area contributed by atoms with Crippen molar-refractivity contribution in [3.8, 4) is 17.2 Å². The standard InChI is InChI=1S/C20H21N3O2.ClH/c1-24-18-6-2-14(3-7-18)12-19-22-20(25-23-19)17-5-4-15-8-10-21-11-9-16(15)13-17;/h2-7,13,21H,8-12H2,1H3;1H. The van der Waals surface area contributed by atoms with E-state index in [1.807, 2.05) is 24.3 Å². The SMILES string of the molecule is COc1ccc(Cc2noc(-c3ccc4c(c3)CCNCC4)n2)cc1.Cl. The zero-order chi connectivity index (χ0) is 17.1. The van der Waals surface area contributed by atoms with Crippen LogP contribution in [0.2, 0.25) is 0 Å². The predicted molar refractivity (Wildman–Crippen MR) is 103 cm³/mol. The van der Waals surface area contributed by atoms with E-state index in [2.05, 4.69) is 33.7 Å². The molecule has 0 atom stereocenters. The molecule has 26 heavy (non-hydrogen) atoms. The van der Waals surface area contributed by atoms with Crippen molar-refractivity contribution < 1.29 is 9.26 Å². The molecule has 0 amide bonds. The largest absolute Gasteiger partial charge is 0.497 e. The highest BCUT2D eigenvalue weighted by Gasteiger charge is 2.13. The van der Waals surface area contributed by atoms with Gasteiger partial charge in [-0.2, -0.15) is 4.98 Å². The minimum atomic E-state index is 0. The first-order chi connectivity index (χ1) is 12.3. The van der Waals surface area contributed by atoms with E-state index in [9.17, 15) is 0 Å². The lowest BCUT2D eigenvalue weighted by atomic mass is 10.00. The number of nitrogens with one attached hydrogen (secondary N) is 1. The van der Waals surface area contributed by atoms with Gasteiger partial charge in [0.2, 0.25) is 0 Å². The number of aromatic nitrogens is 2. The van der Waals surface area contributed by atoms with Crippen LogP contribution in [-0.2, 0) is 19.3 Å². The highest BCUT2D eigenvalue weighted by Crippen LogP contribution is 2.23. The molecule has 0 bridgehead atoms. The summed E-state index contributed by atoms with van der Waals surface area (Å²) in [5, 5.41) is 7.56. The molecule has 0 saturated carbocycles. The average molecular weight is 372 g/mol. The fraction of sp³-hybridized carbons (Fsp3) is 0.300. The normalized spacial score (nSPS) is 13.4. The van der Waals surface area contributed by atoms with Gasteiger partial charge in [0.15, 0.2) is 5.82 Å². The zero-order valence-electron chi connectivity index (χ0n) is 14.7. The number of methoxy groups -OCH3 is 1. The van der Waals surface area contributed by atoms with Gasteiger partial charge in [-0.25, -0.2) is 0 Å². The summed E-state index contributed by atoms with van der Waals surface area (Å²) in [4.78, 5) is 4.57. The van der Waals surface area contributed by atoms with Crippen LogP contribution >= 0.6 is 12.4 Å². The van der Waals surface area contributed by atoms with Crippen LogP contribution in [0.5, 0.6) is 5.75 Å².